The van der Waals surface area contributed by atoms with E-state index in [4.69, 9.17) is 5.73 Å². The van der Waals surface area contributed by atoms with Crippen LogP contribution in [0.5, 0.6) is 0 Å². The van der Waals surface area contributed by atoms with Gasteiger partial charge >= 0.3 is 0 Å². The minimum atomic E-state index is 0.187. The summed E-state index contributed by atoms with van der Waals surface area (Å²) in [4.78, 5) is 0. The summed E-state index contributed by atoms with van der Waals surface area (Å²) in [5, 5.41) is 4.47. The van der Waals surface area contributed by atoms with Crippen LogP contribution in [0.25, 0.3) is 0 Å². The second kappa shape index (κ2) is 4.13. The van der Waals surface area contributed by atoms with Crippen molar-refractivity contribution in [3.8, 4) is 0 Å². The molecule has 3 heteroatoms. The Balaban J connectivity index is 2.82. The molecule has 1 atom stereocenters. The van der Waals surface area contributed by atoms with Crippen molar-refractivity contribution in [2.75, 3.05) is 0 Å². The highest BCUT2D eigenvalue weighted by Crippen LogP contribution is 2.12. The Bertz CT molecular complexity index is 313. The lowest BCUT2D eigenvalue weighted by Gasteiger charge is -2.16. The van der Waals surface area contributed by atoms with E-state index >= 15 is 0 Å². The Labute approximate surface area is 86.3 Å². The van der Waals surface area contributed by atoms with Gasteiger partial charge in [0, 0.05) is 11.7 Å². The number of aromatic nitrogens is 2. The first-order valence-corrected chi connectivity index (χ1v) is 5.19. The maximum Gasteiger partial charge on any atom is 0.0625 e. The van der Waals surface area contributed by atoms with Crippen molar-refractivity contribution in [3.63, 3.8) is 0 Å². The predicted molar refractivity (Wildman–Crippen MR) is 59.3 cm³/mol. The van der Waals surface area contributed by atoms with Gasteiger partial charge < -0.3 is 5.73 Å². The molecule has 0 bridgehead atoms. The molecule has 1 heterocycles. The van der Waals surface area contributed by atoms with E-state index in [-0.39, 0.29) is 6.04 Å². The molecule has 0 aliphatic rings. The zero-order chi connectivity index (χ0) is 10.9. The maximum absolute atomic E-state index is 6.02. The summed E-state index contributed by atoms with van der Waals surface area (Å²) in [6, 6.07) is 0.187. The molecule has 0 aromatic carbocycles. The van der Waals surface area contributed by atoms with Crippen LogP contribution in [-0.4, -0.2) is 15.8 Å². The molecular formula is C11H21N3. The molecule has 0 amide bonds. The summed E-state index contributed by atoms with van der Waals surface area (Å²) < 4.78 is 2.02. The molecule has 3 nitrogen and oxygen atoms in total. The Morgan fingerprint density at radius 2 is 1.86 bits per heavy atom. The smallest absolute Gasteiger partial charge is 0.0625 e. The van der Waals surface area contributed by atoms with Gasteiger partial charge in [0.15, 0.2) is 0 Å². The van der Waals surface area contributed by atoms with E-state index in [1.165, 1.54) is 11.3 Å². The SMILES string of the molecule is Cc1nn(CC(N)C(C)C)c(C)c1C. The van der Waals surface area contributed by atoms with Crippen LogP contribution in [0.1, 0.15) is 30.8 Å². The lowest BCUT2D eigenvalue weighted by atomic mass is 10.1. The van der Waals surface area contributed by atoms with Crippen LogP contribution in [0, 0.1) is 26.7 Å². The van der Waals surface area contributed by atoms with Gasteiger partial charge in [-0.2, -0.15) is 5.10 Å². The molecule has 0 radical (unpaired) electrons. The number of rotatable bonds is 3. The first-order valence-electron chi connectivity index (χ1n) is 5.19. The second-order valence-electron chi connectivity index (χ2n) is 4.39. The van der Waals surface area contributed by atoms with E-state index in [0.29, 0.717) is 5.92 Å². The number of aryl methyl sites for hydroxylation is 1. The number of nitrogens with two attached hydrogens (primary N) is 1. The Morgan fingerprint density at radius 1 is 1.29 bits per heavy atom. The third kappa shape index (κ3) is 2.15. The molecular weight excluding hydrogens is 174 g/mol. The summed E-state index contributed by atoms with van der Waals surface area (Å²) in [6.45, 7) is 11.3. The van der Waals surface area contributed by atoms with Gasteiger partial charge in [-0.3, -0.25) is 4.68 Å². The van der Waals surface area contributed by atoms with Crippen LogP contribution in [0.2, 0.25) is 0 Å². The molecule has 1 aromatic rings. The molecule has 0 spiro atoms. The van der Waals surface area contributed by atoms with Gasteiger partial charge in [0.2, 0.25) is 0 Å². The van der Waals surface area contributed by atoms with Gasteiger partial charge in [-0.15, -0.1) is 0 Å². The van der Waals surface area contributed by atoms with E-state index in [1.54, 1.807) is 0 Å². The lowest BCUT2D eigenvalue weighted by molar-refractivity contribution is 0.408. The minimum absolute atomic E-state index is 0.187. The Kier molecular flexibility index (Phi) is 3.32. The lowest BCUT2D eigenvalue weighted by Crippen LogP contribution is -2.32. The molecule has 0 saturated heterocycles. The van der Waals surface area contributed by atoms with Gasteiger partial charge in [-0.05, 0) is 32.3 Å². The van der Waals surface area contributed by atoms with Crippen molar-refractivity contribution in [3.05, 3.63) is 17.0 Å². The van der Waals surface area contributed by atoms with Crippen molar-refractivity contribution in [1.82, 2.24) is 9.78 Å². The first kappa shape index (κ1) is 11.2. The summed E-state index contributed by atoms with van der Waals surface area (Å²) in [7, 11) is 0. The topological polar surface area (TPSA) is 43.8 Å². The van der Waals surface area contributed by atoms with Crippen LogP contribution in [0.3, 0.4) is 0 Å². The highest BCUT2D eigenvalue weighted by molar-refractivity contribution is 5.22. The minimum Gasteiger partial charge on any atom is -0.326 e. The number of nitrogens with zero attached hydrogens (tertiary/aromatic N) is 2. The maximum atomic E-state index is 6.02. The van der Waals surface area contributed by atoms with Gasteiger partial charge in [0.25, 0.3) is 0 Å². The van der Waals surface area contributed by atoms with Crippen molar-refractivity contribution < 1.29 is 0 Å². The zero-order valence-electron chi connectivity index (χ0n) is 9.83. The first-order chi connectivity index (χ1) is 6.43. The van der Waals surface area contributed by atoms with Crippen molar-refractivity contribution >= 4 is 0 Å². The van der Waals surface area contributed by atoms with Crippen LogP contribution >= 0.6 is 0 Å². The molecule has 0 saturated carbocycles. The summed E-state index contributed by atoms with van der Waals surface area (Å²) in [5.74, 6) is 0.499. The second-order valence-corrected chi connectivity index (χ2v) is 4.39. The molecule has 80 valence electrons. The van der Waals surface area contributed by atoms with Crippen LogP contribution < -0.4 is 5.73 Å². The van der Waals surface area contributed by atoms with E-state index in [2.05, 4.69) is 32.8 Å². The van der Waals surface area contributed by atoms with Gasteiger partial charge in [-0.1, -0.05) is 13.8 Å². The van der Waals surface area contributed by atoms with Gasteiger partial charge in [0.05, 0.1) is 12.2 Å². The fourth-order valence-corrected chi connectivity index (χ4v) is 1.37. The molecule has 0 fully saturated rings. The van der Waals surface area contributed by atoms with E-state index in [9.17, 15) is 0 Å². The van der Waals surface area contributed by atoms with Gasteiger partial charge in [0.1, 0.15) is 0 Å². The summed E-state index contributed by atoms with van der Waals surface area (Å²) in [6.07, 6.45) is 0. The Hall–Kier alpha value is -0.830. The van der Waals surface area contributed by atoms with Crippen LogP contribution in [0.4, 0.5) is 0 Å². The molecule has 14 heavy (non-hydrogen) atoms. The molecule has 1 rings (SSSR count). The molecule has 2 N–H and O–H groups in total. The fourth-order valence-electron chi connectivity index (χ4n) is 1.37. The highest BCUT2D eigenvalue weighted by atomic mass is 15.3. The number of hydrogen-bond acceptors (Lipinski definition) is 2. The normalized spacial score (nSPS) is 13.6. The summed E-state index contributed by atoms with van der Waals surface area (Å²) >= 11 is 0. The van der Waals surface area contributed by atoms with Crippen LogP contribution in [-0.2, 0) is 6.54 Å². The highest BCUT2D eigenvalue weighted by Gasteiger charge is 2.12. The number of hydrogen-bond donors (Lipinski definition) is 1. The largest absolute Gasteiger partial charge is 0.326 e. The summed E-state index contributed by atoms with van der Waals surface area (Å²) in [5.41, 5.74) is 9.64. The monoisotopic (exact) mass is 195 g/mol. The van der Waals surface area contributed by atoms with E-state index < -0.39 is 0 Å². The molecule has 1 aromatic heterocycles. The van der Waals surface area contributed by atoms with Crippen molar-refractivity contribution in [1.29, 1.82) is 0 Å². The molecule has 0 aliphatic heterocycles. The third-order valence-corrected chi connectivity index (χ3v) is 2.98. The van der Waals surface area contributed by atoms with E-state index in [1.807, 2.05) is 11.6 Å². The average molecular weight is 195 g/mol. The predicted octanol–water partition coefficient (Wildman–Crippen LogP) is 1.79. The van der Waals surface area contributed by atoms with Gasteiger partial charge in [-0.25, -0.2) is 0 Å². The standard InChI is InChI=1S/C11H21N3/c1-7(2)11(12)6-14-10(5)8(3)9(4)13-14/h7,11H,6,12H2,1-5H3. The molecule has 1 unspecified atom stereocenters. The van der Waals surface area contributed by atoms with Crippen LogP contribution in [0.15, 0.2) is 0 Å². The molecule has 0 aliphatic carbocycles. The van der Waals surface area contributed by atoms with Crippen molar-refractivity contribution in [2.24, 2.45) is 11.7 Å². The quantitative estimate of drug-likeness (QED) is 0.799. The fraction of sp³-hybridized carbons (Fsp3) is 0.727. The average Bonchev–Trinajstić information content (AvgIpc) is 2.33. The van der Waals surface area contributed by atoms with E-state index in [0.717, 1.165) is 12.2 Å². The third-order valence-electron chi connectivity index (χ3n) is 2.98. The van der Waals surface area contributed by atoms with Crippen molar-refractivity contribution in [2.45, 2.75) is 47.2 Å². The zero-order valence-corrected chi connectivity index (χ0v) is 9.83. The Morgan fingerprint density at radius 3 is 2.21 bits per heavy atom.